The number of carbonyl (C=O) groups excluding carboxylic acids is 1. The van der Waals surface area contributed by atoms with E-state index in [1.807, 2.05) is 4.90 Å². The normalized spacial score (nSPS) is 20.8. The van der Waals surface area contributed by atoms with E-state index in [-0.39, 0.29) is 12.0 Å². The summed E-state index contributed by atoms with van der Waals surface area (Å²) in [5, 5.41) is 0. The van der Waals surface area contributed by atoms with E-state index in [4.69, 9.17) is 4.74 Å². The summed E-state index contributed by atoms with van der Waals surface area (Å²) in [6.45, 7) is 1.50. The highest BCUT2D eigenvalue weighted by molar-refractivity contribution is 5.93. The molecule has 1 aromatic heterocycles. The number of aromatic nitrogens is 1. The molecule has 86 valence electrons. The smallest absolute Gasteiger partial charge is 0.255 e. The molecule has 0 saturated carbocycles. The molecule has 0 radical (unpaired) electrons. The van der Waals surface area contributed by atoms with Gasteiger partial charge in [-0.2, -0.15) is 0 Å². The summed E-state index contributed by atoms with van der Waals surface area (Å²) in [6, 6.07) is 3.58. The Morgan fingerprint density at radius 2 is 2.50 bits per heavy atom. The Morgan fingerprint density at radius 3 is 3.19 bits per heavy atom. The van der Waals surface area contributed by atoms with Crippen molar-refractivity contribution in [1.29, 1.82) is 0 Å². The fourth-order valence-corrected chi connectivity index (χ4v) is 1.99. The first-order chi connectivity index (χ1) is 7.81. The predicted octanol–water partition coefficient (Wildman–Crippen LogP) is 1.33. The molecule has 1 aromatic rings. The first-order valence-corrected chi connectivity index (χ1v) is 5.53. The minimum atomic E-state index is 0.0508. The molecule has 4 nitrogen and oxygen atoms in total. The Kier molecular flexibility index (Phi) is 3.51. The zero-order valence-corrected chi connectivity index (χ0v) is 9.43. The molecule has 4 heteroatoms. The molecule has 2 rings (SSSR count). The fourth-order valence-electron chi connectivity index (χ4n) is 1.99. The number of ether oxygens (including phenoxy) is 1. The number of hydrogen-bond acceptors (Lipinski definition) is 3. The van der Waals surface area contributed by atoms with Gasteiger partial charge in [0.1, 0.15) is 0 Å². The molecular formula is C12H16N2O2. The number of pyridine rings is 1. The van der Waals surface area contributed by atoms with Gasteiger partial charge >= 0.3 is 0 Å². The summed E-state index contributed by atoms with van der Waals surface area (Å²) in [7, 11) is 1.70. The third-order valence-corrected chi connectivity index (χ3v) is 2.91. The van der Waals surface area contributed by atoms with Gasteiger partial charge in [-0.15, -0.1) is 0 Å². The molecule has 0 spiro atoms. The lowest BCUT2D eigenvalue weighted by Crippen LogP contribution is -2.42. The molecule has 0 bridgehead atoms. The lowest BCUT2D eigenvalue weighted by molar-refractivity contribution is 0.0268. The van der Waals surface area contributed by atoms with Crippen LogP contribution in [-0.4, -0.2) is 42.1 Å². The minimum Gasteiger partial charge on any atom is -0.380 e. The monoisotopic (exact) mass is 220 g/mol. The van der Waals surface area contributed by atoms with Crippen LogP contribution in [0.25, 0.3) is 0 Å². The first kappa shape index (κ1) is 11.1. The summed E-state index contributed by atoms with van der Waals surface area (Å²) in [6.07, 6.45) is 5.50. The number of piperidine rings is 1. The highest BCUT2D eigenvalue weighted by atomic mass is 16.5. The van der Waals surface area contributed by atoms with Crippen LogP contribution in [0.5, 0.6) is 0 Å². The van der Waals surface area contributed by atoms with Gasteiger partial charge in [0.2, 0.25) is 0 Å². The Morgan fingerprint density at radius 1 is 1.62 bits per heavy atom. The van der Waals surface area contributed by atoms with Crippen LogP contribution in [0, 0.1) is 0 Å². The van der Waals surface area contributed by atoms with E-state index in [1.165, 1.54) is 0 Å². The van der Waals surface area contributed by atoms with E-state index < -0.39 is 0 Å². The van der Waals surface area contributed by atoms with E-state index in [2.05, 4.69) is 4.98 Å². The highest BCUT2D eigenvalue weighted by Crippen LogP contribution is 2.15. The molecule has 2 heterocycles. The molecule has 0 N–H and O–H groups in total. The zero-order valence-electron chi connectivity index (χ0n) is 9.43. The van der Waals surface area contributed by atoms with Crippen LogP contribution in [0.3, 0.4) is 0 Å². The van der Waals surface area contributed by atoms with E-state index >= 15 is 0 Å². The van der Waals surface area contributed by atoms with Crippen molar-refractivity contribution in [3.63, 3.8) is 0 Å². The number of nitrogens with zero attached hydrogens (tertiary/aromatic N) is 2. The number of hydrogen-bond donors (Lipinski definition) is 0. The maximum Gasteiger partial charge on any atom is 0.255 e. The third-order valence-electron chi connectivity index (χ3n) is 2.91. The molecule has 0 aliphatic carbocycles. The second-order valence-electron chi connectivity index (χ2n) is 3.99. The number of likely N-dealkylation sites (tertiary alicyclic amines) is 1. The molecule has 1 aliphatic heterocycles. The summed E-state index contributed by atoms with van der Waals surface area (Å²) >= 11 is 0. The highest BCUT2D eigenvalue weighted by Gasteiger charge is 2.24. The van der Waals surface area contributed by atoms with E-state index in [0.29, 0.717) is 12.1 Å². The average Bonchev–Trinajstić information content (AvgIpc) is 2.39. The quantitative estimate of drug-likeness (QED) is 0.755. The van der Waals surface area contributed by atoms with E-state index in [1.54, 1.807) is 31.6 Å². The lowest BCUT2D eigenvalue weighted by Gasteiger charge is -2.31. The SMILES string of the molecule is COC1CCCN(C(=O)c2cccnc2)C1. The molecule has 1 fully saturated rings. The van der Waals surface area contributed by atoms with Gasteiger partial charge in [-0.05, 0) is 25.0 Å². The zero-order chi connectivity index (χ0) is 11.4. The molecule has 16 heavy (non-hydrogen) atoms. The average molecular weight is 220 g/mol. The molecular weight excluding hydrogens is 204 g/mol. The van der Waals surface area contributed by atoms with Crippen LogP contribution in [0.15, 0.2) is 24.5 Å². The summed E-state index contributed by atoms with van der Waals surface area (Å²) in [5.74, 6) is 0.0508. The van der Waals surface area contributed by atoms with Gasteiger partial charge in [-0.25, -0.2) is 0 Å². The molecule has 1 aliphatic rings. The van der Waals surface area contributed by atoms with Gasteiger partial charge in [0, 0.05) is 32.6 Å². The van der Waals surface area contributed by atoms with E-state index in [0.717, 1.165) is 19.4 Å². The van der Waals surface area contributed by atoms with Gasteiger partial charge in [0.25, 0.3) is 5.91 Å². The summed E-state index contributed by atoms with van der Waals surface area (Å²) in [5.41, 5.74) is 0.652. The molecule has 0 aromatic carbocycles. The van der Waals surface area contributed by atoms with Crippen molar-refractivity contribution in [1.82, 2.24) is 9.88 Å². The fraction of sp³-hybridized carbons (Fsp3) is 0.500. The van der Waals surface area contributed by atoms with Gasteiger partial charge in [-0.1, -0.05) is 0 Å². The van der Waals surface area contributed by atoms with Crippen LogP contribution in [0.1, 0.15) is 23.2 Å². The van der Waals surface area contributed by atoms with Crippen LogP contribution >= 0.6 is 0 Å². The second-order valence-corrected chi connectivity index (χ2v) is 3.99. The lowest BCUT2D eigenvalue weighted by atomic mass is 10.1. The van der Waals surface area contributed by atoms with Gasteiger partial charge < -0.3 is 9.64 Å². The van der Waals surface area contributed by atoms with Crippen molar-refractivity contribution in [3.8, 4) is 0 Å². The first-order valence-electron chi connectivity index (χ1n) is 5.53. The predicted molar refractivity (Wildman–Crippen MR) is 60.2 cm³/mol. The molecule has 1 unspecified atom stereocenters. The largest absolute Gasteiger partial charge is 0.380 e. The Bertz CT molecular complexity index is 353. The van der Waals surface area contributed by atoms with Crippen molar-refractivity contribution in [3.05, 3.63) is 30.1 Å². The minimum absolute atomic E-state index is 0.0508. The second kappa shape index (κ2) is 5.07. The summed E-state index contributed by atoms with van der Waals surface area (Å²) in [4.78, 5) is 17.9. The van der Waals surface area contributed by atoms with Gasteiger partial charge in [-0.3, -0.25) is 9.78 Å². The molecule has 1 saturated heterocycles. The van der Waals surface area contributed by atoms with Crippen LogP contribution in [0.2, 0.25) is 0 Å². The third kappa shape index (κ3) is 2.39. The Labute approximate surface area is 95.2 Å². The van der Waals surface area contributed by atoms with Crippen molar-refractivity contribution < 1.29 is 9.53 Å². The van der Waals surface area contributed by atoms with Gasteiger partial charge in [0.15, 0.2) is 0 Å². The van der Waals surface area contributed by atoms with Crippen molar-refractivity contribution in [2.24, 2.45) is 0 Å². The molecule has 1 atom stereocenters. The molecule has 1 amide bonds. The van der Waals surface area contributed by atoms with Crippen molar-refractivity contribution in [2.45, 2.75) is 18.9 Å². The Hall–Kier alpha value is -1.42. The van der Waals surface area contributed by atoms with Crippen LogP contribution in [-0.2, 0) is 4.74 Å². The summed E-state index contributed by atoms with van der Waals surface area (Å²) < 4.78 is 5.30. The van der Waals surface area contributed by atoms with Crippen LogP contribution < -0.4 is 0 Å². The number of carbonyl (C=O) groups is 1. The van der Waals surface area contributed by atoms with Gasteiger partial charge in [0.05, 0.1) is 11.7 Å². The van der Waals surface area contributed by atoms with E-state index in [9.17, 15) is 4.79 Å². The number of methoxy groups -OCH3 is 1. The topological polar surface area (TPSA) is 42.4 Å². The standard InChI is InChI=1S/C12H16N2O2/c1-16-11-5-3-7-14(9-11)12(15)10-4-2-6-13-8-10/h2,4,6,8,11H,3,5,7,9H2,1H3. The number of rotatable bonds is 2. The van der Waals surface area contributed by atoms with Crippen LogP contribution in [0.4, 0.5) is 0 Å². The van der Waals surface area contributed by atoms with Crippen molar-refractivity contribution in [2.75, 3.05) is 20.2 Å². The number of amides is 1. The van der Waals surface area contributed by atoms with Crippen molar-refractivity contribution >= 4 is 5.91 Å². The maximum absolute atomic E-state index is 12.1. The maximum atomic E-state index is 12.1. The Balaban J connectivity index is 2.05.